The van der Waals surface area contributed by atoms with Gasteiger partial charge in [0.15, 0.2) is 5.82 Å². The Balaban J connectivity index is 1.02. The van der Waals surface area contributed by atoms with Crippen molar-refractivity contribution in [2.75, 3.05) is 66.6 Å². The van der Waals surface area contributed by atoms with Gasteiger partial charge in [-0.2, -0.15) is 0 Å². The Morgan fingerprint density at radius 3 is 2.39 bits per heavy atom. The van der Waals surface area contributed by atoms with E-state index in [1.54, 1.807) is 17.8 Å². The number of piperazine rings is 1. The van der Waals surface area contributed by atoms with E-state index in [0.29, 0.717) is 34.6 Å². The summed E-state index contributed by atoms with van der Waals surface area (Å²) in [5, 5.41) is 19.8. The third-order valence-electron chi connectivity index (χ3n) is 10.1. The molecule has 7 rings (SSSR count). The average Bonchev–Trinajstić information content (AvgIpc) is 3.25. The second kappa shape index (κ2) is 19.6. The summed E-state index contributed by atoms with van der Waals surface area (Å²) in [6, 6.07) is 35.3. The quantitative estimate of drug-likeness (QED) is 0.0331. The maximum absolute atomic E-state index is 13.7. The van der Waals surface area contributed by atoms with E-state index in [4.69, 9.17) is 11.6 Å². The van der Waals surface area contributed by atoms with Crippen LogP contribution in [0.3, 0.4) is 0 Å². The summed E-state index contributed by atoms with van der Waals surface area (Å²) in [4.78, 5) is 25.8. The lowest BCUT2D eigenvalue weighted by Gasteiger charge is -2.36. The first kappa shape index (κ1) is 41.8. The number of nitro benzene ring substituents is 1. The van der Waals surface area contributed by atoms with Gasteiger partial charge in [-0.05, 0) is 84.3 Å². The number of thioether (sulfide) groups is 1. The number of alkyl halides is 1. The maximum Gasteiger partial charge on any atom is 0.293 e. The van der Waals surface area contributed by atoms with Crippen molar-refractivity contribution in [2.45, 2.75) is 28.8 Å². The fraction of sp³-hybridized carbons (Fsp3) is 0.256. The Kier molecular flexibility index (Phi) is 13.9. The molecule has 12 nitrogen and oxygen atoms in total. The molecule has 1 saturated heterocycles. The van der Waals surface area contributed by atoms with Crippen LogP contribution in [0.25, 0.3) is 22.0 Å². The molecule has 2 heterocycles. The molecule has 59 heavy (non-hydrogen) atoms. The van der Waals surface area contributed by atoms with E-state index in [1.165, 1.54) is 29.6 Å². The van der Waals surface area contributed by atoms with Crippen LogP contribution < -0.4 is 20.3 Å². The molecule has 0 aliphatic carbocycles. The van der Waals surface area contributed by atoms with Crippen molar-refractivity contribution < 1.29 is 17.7 Å². The van der Waals surface area contributed by atoms with Crippen LogP contribution in [-0.2, 0) is 16.6 Å². The minimum Gasteiger partial charge on any atom is -0.376 e. The zero-order valence-electron chi connectivity index (χ0n) is 32.1. The van der Waals surface area contributed by atoms with E-state index in [-0.39, 0.29) is 34.7 Å². The predicted octanol–water partition coefficient (Wildman–Crippen LogP) is 8.50. The molecular formula is C43H44ClFN8O4S2. The van der Waals surface area contributed by atoms with Gasteiger partial charge in [0.05, 0.1) is 15.3 Å². The number of hydrogen-bond acceptors (Lipinski definition) is 11. The molecule has 5 aromatic carbocycles. The lowest BCUT2D eigenvalue weighted by molar-refractivity contribution is -0.384. The number of benzene rings is 5. The normalized spacial score (nSPS) is 14.0. The van der Waals surface area contributed by atoms with Gasteiger partial charge in [-0.1, -0.05) is 66.2 Å². The molecule has 1 aromatic heterocycles. The van der Waals surface area contributed by atoms with Crippen LogP contribution in [0.15, 0.2) is 131 Å². The first-order valence-electron chi connectivity index (χ1n) is 19.2. The average molecular weight is 855 g/mol. The standard InChI is InChI=1S/C43H44ClFN8O4S2/c44-33-11-14-38(31-7-3-1-4-8-31)32(25-33)28-51-21-23-52(24-22-51)35-12-15-39-41(26-35)47-30-48-43(39)50-59(56,57)37-13-16-40(42(27-37)53(54)55)49-34(17-19-46-20-18-45)29-58-36-9-5-2-6-10-36/h1-16,25-27,30,34,46,49H,17-24,28-29H2,(H,47,48,50). The van der Waals surface area contributed by atoms with Gasteiger partial charge in [0.25, 0.3) is 15.7 Å². The first-order valence-corrected chi connectivity index (χ1v) is 22.1. The predicted molar refractivity (Wildman–Crippen MR) is 236 cm³/mol. The maximum atomic E-state index is 13.7. The van der Waals surface area contributed by atoms with Gasteiger partial charge in [0, 0.05) is 78.1 Å². The van der Waals surface area contributed by atoms with Crippen LogP contribution in [0.2, 0.25) is 5.02 Å². The highest BCUT2D eigenvalue weighted by molar-refractivity contribution is 7.99. The third kappa shape index (κ3) is 10.8. The second-order valence-electron chi connectivity index (χ2n) is 14.1. The summed E-state index contributed by atoms with van der Waals surface area (Å²) in [5.74, 6) is 0.629. The summed E-state index contributed by atoms with van der Waals surface area (Å²) < 4.78 is 42.7. The SMILES string of the molecule is O=[N+]([O-])c1cc(S(=O)(=O)Nc2ncnc3cc(N4CCN(Cc5cc(Cl)ccc5-c5ccccc5)CC4)ccc23)ccc1NC(CCNCCF)CSc1ccccc1. The van der Waals surface area contributed by atoms with Crippen LogP contribution in [0.5, 0.6) is 0 Å². The number of fused-ring (bicyclic) bond motifs is 1. The molecule has 0 saturated carbocycles. The minimum atomic E-state index is -4.31. The lowest BCUT2D eigenvalue weighted by atomic mass is 9.99. The minimum absolute atomic E-state index is 0.0609. The van der Waals surface area contributed by atoms with E-state index in [9.17, 15) is 22.9 Å². The molecule has 0 radical (unpaired) electrons. The van der Waals surface area contributed by atoms with Gasteiger partial charge in [-0.3, -0.25) is 19.7 Å². The Morgan fingerprint density at radius 2 is 1.64 bits per heavy atom. The van der Waals surface area contributed by atoms with Crippen LogP contribution in [0.4, 0.5) is 27.3 Å². The second-order valence-corrected chi connectivity index (χ2v) is 17.3. The van der Waals surface area contributed by atoms with Crippen molar-refractivity contribution in [3.05, 3.63) is 142 Å². The zero-order valence-corrected chi connectivity index (χ0v) is 34.5. The Bertz CT molecular complexity index is 2480. The number of aromatic nitrogens is 2. The van der Waals surface area contributed by atoms with Gasteiger partial charge >= 0.3 is 0 Å². The fourth-order valence-corrected chi connectivity index (χ4v) is 9.29. The Hall–Kier alpha value is -5.32. The van der Waals surface area contributed by atoms with E-state index in [1.807, 2.05) is 72.8 Å². The third-order valence-corrected chi connectivity index (χ3v) is 12.9. The number of halogens is 2. The zero-order chi connectivity index (χ0) is 41.2. The van der Waals surface area contributed by atoms with Crippen LogP contribution in [-0.4, -0.2) is 85.9 Å². The smallest absolute Gasteiger partial charge is 0.293 e. The Labute approximate surface area is 352 Å². The molecular weight excluding hydrogens is 811 g/mol. The molecule has 16 heteroatoms. The van der Waals surface area contributed by atoms with Crippen LogP contribution in [0, 0.1) is 10.1 Å². The van der Waals surface area contributed by atoms with Gasteiger partial charge in [-0.25, -0.2) is 22.8 Å². The highest BCUT2D eigenvalue weighted by Gasteiger charge is 2.25. The summed E-state index contributed by atoms with van der Waals surface area (Å²) >= 11 is 8.00. The van der Waals surface area contributed by atoms with Crippen LogP contribution in [0.1, 0.15) is 12.0 Å². The van der Waals surface area contributed by atoms with Crippen molar-refractivity contribution in [3.8, 4) is 11.1 Å². The van der Waals surface area contributed by atoms with E-state index in [0.717, 1.165) is 54.9 Å². The largest absolute Gasteiger partial charge is 0.376 e. The van der Waals surface area contributed by atoms with Gasteiger partial charge in [-0.15, -0.1) is 11.8 Å². The topological polar surface area (TPSA) is 146 Å². The van der Waals surface area contributed by atoms with Gasteiger partial charge in [0.1, 0.15) is 18.7 Å². The number of nitrogens with one attached hydrogen (secondary N) is 3. The summed E-state index contributed by atoms with van der Waals surface area (Å²) in [7, 11) is -4.31. The van der Waals surface area contributed by atoms with E-state index in [2.05, 4.69) is 53.3 Å². The van der Waals surface area contributed by atoms with Crippen molar-refractivity contribution in [2.24, 2.45) is 0 Å². The molecule has 1 atom stereocenters. The molecule has 1 unspecified atom stereocenters. The first-order chi connectivity index (χ1) is 28.7. The Morgan fingerprint density at radius 1 is 0.881 bits per heavy atom. The fourth-order valence-electron chi connectivity index (χ4n) is 7.06. The number of nitro groups is 1. The monoisotopic (exact) mass is 854 g/mol. The highest BCUT2D eigenvalue weighted by atomic mass is 35.5. The molecule has 306 valence electrons. The number of hydrogen-bond donors (Lipinski definition) is 3. The lowest BCUT2D eigenvalue weighted by Crippen LogP contribution is -2.46. The molecule has 0 bridgehead atoms. The molecule has 1 aliphatic heterocycles. The molecule has 0 amide bonds. The molecule has 1 aliphatic rings. The van der Waals surface area contributed by atoms with Crippen molar-refractivity contribution >= 4 is 67.2 Å². The van der Waals surface area contributed by atoms with Crippen molar-refractivity contribution in [1.29, 1.82) is 0 Å². The summed E-state index contributed by atoms with van der Waals surface area (Å²) in [6.45, 7) is 4.20. The van der Waals surface area contributed by atoms with Gasteiger partial charge in [0.2, 0.25) is 0 Å². The number of sulfonamides is 1. The van der Waals surface area contributed by atoms with Crippen LogP contribution >= 0.6 is 23.4 Å². The number of nitrogens with zero attached hydrogens (tertiary/aromatic N) is 5. The van der Waals surface area contributed by atoms with Gasteiger partial charge < -0.3 is 15.5 Å². The molecule has 1 fully saturated rings. The highest BCUT2D eigenvalue weighted by Crippen LogP contribution is 2.33. The van der Waals surface area contributed by atoms with Crippen molar-refractivity contribution in [1.82, 2.24) is 20.2 Å². The number of anilines is 3. The van der Waals surface area contributed by atoms with E-state index < -0.39 is 21.6 Å². The molecule has 0 spiro atoms. The summed E-state index contributed by atoms with van der Waals surface area (Å²) in [6.07, 6.45) is 1.85. The number of rotatable bonds is 18. The summed E-state index contributed by atoms with van der Waals surface area (Å²) in [5.41, 5.74) is 4.79. The van der Waals surface area contributed by atoms with Crippen molar-refractivity contribution in [3.63, 3.8) is 0 Å². The van der Waals surface area contributed by atoms with E-state index >= 15 is 0 Å². The molecule has 6 aromatic rings. The molecule has 3 N–H and O–H groups in total.